The Labute approximate surface area is 606 Å². The Hall–Kier alpha value is -4.54. The monoisotopic (exact) mass is 1440 g/mol. The van der Waals surface area contributed by atoms with E-state index in [0.29, 0.717) is 25.7 Å². The number of rotatable bonds is 72. The number of phosphoric ester groups is 2. The fourth-order valence-corrected chi connectivity index (χ4v) is 11.6. The largest absolute Gasteiger partial charge is 0.472 e. The van der Waals surface area contributed by atoms with Gasteiger partial charge in [-0.05, 0) is 128 Å². The smallest absolute Gasteiger partial charge is 0.462 e. The van der Waals surface area contributed by atoms with E-state index in [4.69, 9.17) is 37.0 Å². The van der Waals surface area contributed by atoms with E-state index in [1.807, 2.05) is 0 Å². The van der Waals surface area contributed by atoms with Gasteiger partial charge in [0.25, 0.3) is 0 Å². The van der Waals surface area contributed by atoms with Gasteiger partial charge in [0.1, 0.15) is 19.3 Å². The highest BCUT2D eigenvalue weighted by atomic mass is 31.2. The molecule has 0 aromatic rings. The van der Waals surface area contributed by atoms with E-state index in [9.17, 15) is 43.2 Å². The minimum atomic E-state index is -4.99. The number of unbranched alkanes of at least 4 members (excludes halogenated alkanes) is 26. The lowest BCUT2D eigenvalue weighted by molar-refractivity contribution is -0.161. The molecule has 0 aliphatic carbocycles. The van der Waals surface area contributed by atoms with Gasteiger partial charge in [0.05, 0.1) is 26.4 Å². The fourth-order valence-electron chi connectivity index (χ4n) is 10.1. The second-order valence-electron chi connectivity index (χ2n) is 25.5. The summed E-state index contributed by atoms with van der Waals surface area (Å²) >= 11 is 0. The van der Waals surface area contributed by atoms with Crippen molar-refractivity contribution in [2.24, 2.45) is 0 Å². The van der Waals surface area contributed by atoms with E-state index in [0.717, 1.165) is 193 Å². The molecule has 0 bridgehead atoms. The van der Waals surface area contributed by atoms with Gasteiger partial charge in [-0.2, -0.15) is 0 Å². The summed E-state index contributed by atoms with van der Waals surface area (Å²) in [5.41, 5.74) is 0. The number of esters is 4. The average molecular weight is 1450 g/mol. The molecule has 574 valence electrons. The molecule has 17 nitrogen and oxygen atoms in total. The van der Waals surface area contributed by atoms with Crippen molar-refractivity contribution in [1.29, 1.82) is 0 Å². The number of carbonyl (C=O) groups excluding carboxylic acids is 4. The number of allylic oxidation sites excluding steroid dienone is 20. The van der Waals surface area contributed by atoms with E-state index in [1.54, 1.807) is 0 Å². The molecule has 3 N–H and O–H groups in total. The summed E-state index contributed by atoms with van der Waals surface area (Å²) in [7, 11) is -9.96. The van der Waals surface area contributed by atoms with Crippen molar-refractivity contribution in [2.75, 3.05) is 39.6 Å². The summed E-state index contributed by atoms with van der Waals surface area (Å²) in [5.74, 6) is -2.23. The average Bonchev–Trinajstić information content (AvgIpc) is 0.940. The van der Waals surface area contributed by atoms with Gasteiger partial charge in [-0.3, -0.25) is 37.3 Å². The summed E-state index contributed by atoms with van der Waals surface area (Å²) in [5, 5.41) is 10.6. The maximum atomic E-state index is 13.1. The first kappa shape index (κ1) is 95.5. The number of phosphoric acid groups is 2. The van der Waals surface area contributed by atoms with Crippen LogP contribution in [-0.4, -0.2) is 96.7 Å². The Morgan fingerprint density at radius 1 is 0.290 bits per heavy atom. The molecule has 0 saturated carbocycles. The van der Waals surface area contributed by atoms with Gasteiger partial charge >= 0.3 is 39.5 Å². The van der Waals surface area contributed by atoms with Gasteiger partial charge in [0, 0.05) is 25.7 Å². The van der Waals surface area contributed by atoms with Crippen molar-refractivity contribution in [1.82, 2.24) is 0 Å². The third-order valence-electron chi connectivity index (χ3n) is 15.9. The minimum absolute atomic E-state index is 0.0692. The van der Waals surface area contributed by atoms with Crippen LogP contribution in [0, 0.1) is 0 Å². The lowest BCUT2D eigenvalue weighted by atomic mass is 10.1. The quantitative estimate of drug-likeness (QED) is 0.0169. The number of carbonyl (C=O) groups is 4. The molecule has 0 amide bonds. The zero-order valence-corrected chi connectivity index (χ0v) is 64.4. The minimum Gasteiger partial charge on any atom is -0.462 e. The molecule has 100 heavy (non-hydrogen) atoms. The van der Waals surface area contributed by atoms with E-state index < -0.39 is 97.5 Å². The summed E-state index contributed by atoms with van der Waals surface area (Å²) in [4.78, 5) is 72.9. The van der Waals surface area contributed by atoms with Crippen LogP contribution in [0.2, 0.25) is 0 Å². The SMILES string of the molecule is CC/C=C\C/C=C\C/C=C\C/C=C\C/C=C\CCCCCC(=O)OCC(COP(=O)(O)OCC(O)COP(=O)(O)OCC(COC(=O)CCCCCCCCC/C=C\C/C=C\C/C=C\CC)OC(=O)CCCCCCCCCCCCC)OC(=O)CCCCCCC/C=C\C/C=C\CCC. The van der Waals surface area contributed by atoms with Gasteiger partial charge in [-0.1, -0.05) is 278 Å². The third kappa shape index (κ3) is 71.8. The lowest BCUT2D eigenvalue weighted by Gasteiger charge is -2.21. The normalized spacial score (nSPS) is 14.6. The molecule has 0 rings (SSSR count). The molecule has 5 atom stereocenters. The lowest BCUT2D eigenvalue weighted by Crippen LogP contribution is -2.30. The molecule has 0 aliphatic heterocycles. The van der Waals surface area contributed by atoms with Gasteiger partial charge in [-0.25, -0.2) is 9.13 Å². The molecule has 19 heteroatoms. The number of aliphatic hydroxyl groups excluding tert-OH is 1. The summed E-state index contributed by atoms with van der Waals surface area (Å²) in [6.07, 6.45) is 79.0. The molecular formula is C81H138O17P2. The number of ether oxygens (including phenoxy) is 4. The standard InChI is InChI=1S/C81H138O17P2/c1-5-9-13-17-21-25-29-32-34-36-37-39-41-44-47-50-54-58-62-66-79(84)92-72-77(98-81(86)68-64-60-56-52-48-42-31-27-23-19-15-11-7-3)74-96-100(89,90)94-70-75(82)69-93-99(87,88)95-73-76(97-80(85)67-63-59-55-51-45-28-24-20-16-12-8-4)71-91-78(83)65-61-57-53-49-46-43-40-38-35-33-30-26-22-18-14-10-6-2/h9-10,13-15,19,21-22,25-27,31-35,37,39,44,47,75-77,82H,5-8,11-12,16-18,20,23-24,28-30,36,38,40-43,45-46,48-74H2,1-4H3,(H,87,88)(H,89,90)/b13-9-,14-10-,19-15-,25-21-,26-22-,31-27-,34-32-,35-33-,39-37-,47-44-. The predicted octanol–water partition coefficient (Wildman–Crippen LogP) is 22.3. The van der Waals surface area contributed by atoms with Crippen LogP contribution in [0.4, 0.5) is 0 Å². The zero-order chi connectivity index (χ0) is 73.2. The van der Waals surface area contributed by atoms with Crippen LogP contribution >= 0.6 is 15.6 Å². The molecular weight excluding hydrogens is 1310 g/mol. The molecule has 5 unspecified atom stereocenters. The highest BCUT2D eigenvalue weighted by Crippen LogP contribution is 2.45. The van der Waals surface area contributed by atoms with Crippen LogP contribution in [0.1, 0.15) is 310 Å². The second kappa shape index (κ2) is 72.8. The van der Waals surface area contributed by atoms with Gasteiger partial charge < -0.3 is 33.8 Å². The molecule has 0 aromatic heterocycles. The second-order valence-corrected chi connectivity index (χ2v) is 28.4. The first-order valence-electron chi connectivity index (χ1n) is 38.8. The number of hydrogen-bond acceptors (Lipinski definition) is 15. The molecule has 0 aromatic carbocycles. The van der Waals surface area contributed by atoms with Crippen LogP contribution in [-0.2, 0) is 65.4 Å². The Balaban J connectivity index is 5.34. The van der Waals surface area contributed by atoms with Gasteiger partial charge in [0.15, 0.2) is 12.2 Å². The van der Waals surface area contributed by atoms with Crippen LogP contribution < -0.4 is 0 Å². The van der Waals surface area contributed by atoms with Crippen LogP contribution in [0.15, 0.2) is 122 Å². The molecule has 0 radical (unpaired) electrons. The Bertz CT molecular complexity index is 2370. The van der Waals surface area contributed by atoms with Crippen LogP contribution in [0.25, 0.3) is 0 Å². The van der Waals surface area contributed by atoms with Crippen molar-refractivity contribution in [2.45, 2.75) is 329 Å². The molecule has 0 heterocycles. The molecule has 0 spiro atoms. The summed E-state index contributed by atoms with van der Waals surface area (Å²) in [6, 6.07) is 0. The van der Waals surface area contributed by atoms with E-state index in [-0.39, 0.29) is 25.7 Å². The Morgan fingerprint density at radius 3 is 0.850 bits per heavy atom. The van der Waals surface area contributed by atoms with Gasteiger partial charge in [0.2, 0.25) is 0 Å². The van der Waals surface area contributed by atoms with E-state index in [2.05, 4.69) is 149 Å². The predicted molar refractivity (Wildman–Crippen MR) is 408 cm³/mol. The van der Waals surface area contributed by atoms with Crippen molar-refractivity contribution in [3.05, 3.63) is 122 Å². The Kier molecular flexibility index (Phi) is 69.5. The molecule has 0 fully saturated rings. The highest BCUT2D eigenvalue weighted by Gasteiger charge is 2.30. The molecule has 0 aliphatic rings. The number of hydrogen-bond donors (Lipinski definition) is 3. The summed E-state index contributed by atoms with van der Waals surface area (Å²) < 4.78 is 68.4. The first-order valence-corrected chi connectivity index (χ1v) is 41.8. The zero-order valence-electron chi connectivity index (χ0n) is 62.6. The summed E-state index contributed by atoms with van der Waals surface area (Å²) in [6.45, 7) is 4.52. The van der Waals surface area contributed by atoms with Crippen molar-refractivity contribution in [3.63, 3.8) is 0 Å². The van der Waals surface area contributed by atoms with Crippen molar-refractivity contribution >= 4 is 39.5 Å². The maximum Gasteiger partial charge on any atom is 0.472 e. The van der Waals surface area contributed by atoms with Crippen molar-refractivity contribution < 1.29 is 80.2 Å². The maximum absolute atomic E-state index is 13.1. The van der Waals surface area contributed by atoms with E-state index >= 15 is 0 Å². The topological polar surface area (TPSA) is 237 Å². The van der Waals surface area contributed by atoms with Gasteiger partial charge in [-0.15, -0.1) is 0 Å². The molecule has 0 saturated heterocycles. The van der Waals surface area contributed by atoms with Crippen LogP contribution in [0.3, 0.4) is 0 Å². The third-order valence-corrected chi connectivity index (χ3v) is 17.8. The van der Waals surface area contributed by atoms with Crippen molar-refractivity contribution in [3.8, 4) is 0 Å². The number of aliphatic hydroxyl groups is 1. The highest BCUT2D eigenvalue weighted by molar-refractivity contribution is 7.47. The Morgan fingerprint density at radius 2 is 0.540 bits per heavy atom. The first-order chi connectivity index (χ1) is 48.7. The fraction of sp³-hybridized carbons (Fsp3) is 0.704. The van der Waals surface area contributed by atoms with E-state index in [1.165, 1.54) is 38.5 Å². The van der Waals surface area contributed by atoms with Crippen LogP contribution in [0.5, 0.6) is 0 Å².